The minimum Gasteiger partial charge on any atom is -0.325 e. The standard InChI is InChI=1S/C11H12N2O4S3.ClH/c1-19(14,15)8-2-4-9(5-3-8)20(16,17)11-7-13-10(6-12)18-11;/h2-5,7H,6,12H2,1H3;1H. The van der Waals surface area contributed by atoms with Gasteiger partial charge in [-0.3, -0.25) is 0 Å². The molecule has 116 valence electrons. The molecule has 0 aliphatic heterocycles. The second-order valence-corrected chi connectivity index (χ2v) is 9.33. The molecule has 1 aromatic carbocycles. The number of hydrogen-bond acceptors (Lipinski definition) is 7. The summed E-state index contributed by atoms with van der Waals surface area (Å²) in [5, 5.41) is 0.524. The average Bonchev–Trinajstić information content (AvgIpc) is 2.87. The summed E-state index contributed by atoms with van der Waals surface area (Å²) in [7, 11) is -7.04. The highest BCUT2D eigenvalue weighted by molar-refractivity contribution is 7.93. The molecule has 21 heavy (non-hydrogen) atoms. The zero-order valence-corrected chi connectivity index (χ0v) is 14.2. The van der Waals surface area contributed by atoms with E-state index in [0.717, 1.165) is 17.6 Å². The predicted octanol–water partition coefficient (Wildman–Crippen LogP) is 1.26. The zero-order valence-electron chi connectivity index (χ0n) is 10.9. The van der Waals surface area contributed by atoms with Crippen molar-refractivity contribution in [2.75, 3.05) is 6.26 Å². The third-order valence-corrected chi connectivity index (χ3v) is 6.91. The van der Waals surface area contributed by atoms with Crippen molar-refractivity contribution in [2.45, 2.75) is 20.5 Å². The van der Waals surface area contributed by atoms with Crippen LogP contribution in [0, 0.1) is 0 Å². The number of nitrogens with two attached hydrogens (primary N) is 1. The van der Waals surface area contributed by atoms with E-state index in [1.54, 1.807) is 0 Å². The smallest absolute Gasteiger partial charge is 0.217 e. The lowest BCUT2D eigenvalue weighted by molar-refractivity contribution is 0.595. The van der Waals surface area contributed by atoms with Crippen LogP contribution in [0.3, 0.4) is 0 Å². The molecule has 0 radical (unpaired) electrons. The lowest BCUT2D eigenvalue weighted by Crippen LogP contribution is -2.02. The van der Waals surface area contributed by atoms with Crippen LogP contribution in [0.4, 0.5) is 0 Å². The molecule has 0 bridgehead atoms. The molecule has 1 aromatic heterocycles. The van der Waals surface area contributed by atoms with Crippen molar-refractivity contribution in [3.05, 3.63) is 35.5 Å². The molecule has 6 nitrogen and oxygen atoms in total. The third kappa shape index (κ3) is 3.80. The molecule has 0 unspecified atom stereocenters. The van der Waals surface area contributed by atoms with Gasteiger partial charge in [0.25, 0.3) is 0 Å². The first-order valence-corrected chi connectivity index (χ1v) is 9.64. The van der Waals surface area contributed by atoms with Crippen molar-refractivity contribution in [3.8, 4) is 0 Å². The van der Waals surface area contributed by atoms with Gasteiger partial charge in [-0.25, -0.2) is 21.8 Å². The van der Waals surface area contributed by atoms with Crippen molar-refractivity contribution < 1.29 is 16.8 Å². The van der Waals surface area contributed by atoms with E-state index in [4.69, 9.17) is 5.73 Å². The Balaban J connectivity index is 0.00000220. The lowest BCUT2D eigenvalue weighted by Gasteiger charge is -2.03. The van der Waals surface area contributed by atoms with Crippen molar-refractivity contribution in [2.24, 2.45) is 5.73 Å². The molecule has 0 saturated carbocycles. The van der Waals surface area contributed by atoms with Crippen LogP contribution in [0.1, 0.15) is 5.01 Å². The maximum absolute atomic E-state index is 12.3. The molecule has 1 heterocycles. The maximum Gasteiger partial charge on any atom is 0.217 e. The number of rotatable bonds is 4. The van der Waals surface area contributed by atoms with E-state index >= 15 is 0 Å². The number of benzene rings is 1. The van der Waals surface area contributed by atoms with Gasteiger partial charge in [-0.1, -0.05) is 0 Å². The van der Waals surface area contributed by atoms with E-state index in [1.165, 1.54) is 30.5 Å². The Morgan fingerprint density at radius 2 is 1.62 bits per heavy atom. The van der Waals surface area contributed by atoms with Crippen LogP contribution in [0.15, 0.2) is 44.5 Å². The average molecular weight is 369 g/mol. The summed E-state index contributed by atoms with van der Waals surface area (Å²) in [6, 6.07) is 5.08. The molecule has 0 amide bonds. The number of nitrogens with zero attached hydrogens (tertiary/aromatic N) is 1. The maximum atomic E-state index is 12.3. The molecule has 0 saturated heterocycles. The van der Waals surface area contributed by atoms with E-state index in [1.807, 2.05) is 0 Å². The fourth-order valence-electron chi connectivity index (χ4n) is 1.49. The largest absolute Gasteiger partial charge is 0.325 e. The number of hydrogen-bond donors (Lipinski definition) is 1. The molecular formula is C11H13ClN2O4S3. The highest BCUT2D eigenvalue weighted by atomic mass is 35.5. The first-order valence-electron chi connectivity index (χ1n) is 5.45. The van der Waals surface area contributed by atoms with Crippen molar-refractivity contribution >= 4 is 43.4 Å². The van der Waals surface area contributed by atoms with E-state index in [-0.39, 0.29) is 33.0 Å². The molecular weight excluding hydrogens is 356 g/mol. The Morgan fingerprint density at radius 1 is 1.10 bits per heavy atom. The molecule has 0 atom stereocenters. The summed E-state index contributed by atoms with van der Waals surface area (Å²) < 4.78 is 47.4. The fourth-order valence-corrected chi connectivity index (χ4v) is 4.59. The molecule has 2 aromatic rings. The Bertz CT molecular complexity index is 827. The molecule has 0 spiro atoms. The highest BCUT2D eigenvalue weighted by Gasteiger charge is 2.21. The number of aromatic nitrogens is 1. The number of thiazole rings is 1. The summed E-state index contributed by atoms with van der Waals surface area (Å²) >= 11 is 1.00. The Labute approximate surface area is 133 Å². The van der Waals surface area contributed by atoms with E-state index in [2.05, 4.69) is 4.98 Å². The second kappa shape index (κ2) is 6.41. The topological polar surface area (TPSA) is 107 Å². The molecule has 0 aliphatic carbocycles. The van der Waals surface area contributed by atoms with Crippen LogP contribution < -0.4 is 5.73 Å². The van der Waals surface area contributed by atoms with Gasteiger partial charge in [-0.2, -0.15) is 0 Å². The summed E-state index contributed by atoms with van der Waals surface area (Å²) in [5.74, 6) is 0. The van der Waals surface area contributed by atoms with E-state index in [9.17, 15) is 16.8 Å². The van der Waals surface area contributed by atoms with Crippen molar-refractivity contribution in [3.63, 3.8) is 0 Å². The van der Waals surface area contributed by atoms with Gasteiger partial charge in [0.2, 0.25) is 9.84 Å². The first-order chi connectivity index (χ1) is 9.25. The summed E-state index contributed by atoms with van der Waals surface area (Å²) in [6.45, 7) is 0.174. The van der Waals surface area contributed by atoms with Crippen LogP contribution >= 0.6 is 23.7 Å². The second-order valence-electron chi connectivity index (χ2n) is 4.02. The van der Waals surface area contributed by atoms with E-state index in [0.29, 0.717) is 5.01 Å². The van der Waals surface area contributed by atoms with Crippen molar-refractivity contribution in [1.82, 2.24) is 4.98 Å². The monoisotopic (exact) mass is 368 g/mol. The highest BCUT2D eigenvalue weighted by Crippen LogP contribution is 2.26. The Morgan fingerprint density at radius 3 is 2.05 bits per heavy atom. The van der Waals surface area contributed by atoms with Crippen LogP contribution in [0.5, 0.6) is 0 Å². The zero-order chi connectivity index (χ0) is 15.0. The molecule has 0 fully saturated rings. The summed E-state index contributed by atoms with van der Waals surface area (Å²) in [4.78, 5) is 4.00. The van der Waals surface area contributed by atoms with Gasteiger partial charge in [0.15, 0.2) is 9.84 Å². The van der Waals surface area contributed by atoms with Crippen LogP contribution in [-0.4, -0.2) is 28.1 Å². The summed E-state index contributed by atoms with van der Waals surface area (Å²) in [6.07, 6.45) is 2.32. The normalized spacial score (nSPS) is 11.9. The predicted molar refractivity (Wildman–Crippen MR) is 82.3 cm³/mol. The molecule has 10 heteroatoms. The lowest BCUT2D eigenvalue weighted by atomic mass is 10.4. The van der Waals surface area contributed by atoms with Gasteiger partial charge in [0.05, 0.1) is 16.0 Å². The minimum atomic E-state index is -3.68. The molecule has 2 rings (SSSR count). The summed E-state index contributed by atoms with van der Waals surface area (Å²) in [5.41, 5.74) is 5.40. The fraction of sp³-hybridized carbons (Fsp3) is 0.182. The quantitative estimate of drug-likeness (QED) is 0.870. The molecule has 2 N–H and O–H groups in total. The van der Waals surface area contributed by atoms with Gasteiger partial charge in [0.1, 0.15) is 9.22 Å². The SMILES string of the molecule is CS(=O)(=O)c1ccc(S(=O)(=O)c2cnc(CN)s2)cc1.Cl. The third-order valence-electron chi connectivity index (χ3n) is 2.53. The first kappa shape index (κ1) is 18.1. The number of halogens is 1. The van der Waals surface area contributed by atoms with Gasteiger partial charge in [-0.05, 0) is 24.3 Å². The van der Waals surface area contributed by atoms with Gasteiger partial charge in [0, 0.05) is 12.8 Å². The van der Waals surface area contributed by atoms with E-state index < -0.39 is 19.7 Å². The van der Waals surface area contributed by atoms with Crippen LogP contribution in [0.2, 0.25) is 0 Å². The van der Waals surface area contributed by atoms with Gasteiger partial charge in [-0.15, -0.1) is 23.7 Å². The van der Waals surface area contributed by atoms with Crippen LogP contribution in [-0.2, 0) is 26.2 Å². The Kier molecular flexibility index (Phi) is 5.51. The molecule has 0 aliphatic rings. The van der Waals surface area contributed by atoms with Crippen molar-refractivity contribution in [1.29, 1.82) is 0 Å². The van der Waals surface area contributed by atoms with Crippen LogP contribution in [0.25, 0.3) is 0 Å². The van der Waals surface area contributed by atoms with Gasteiger partial charge >= 0.3 is 0 Å². The number of sulfone groups is 2. The van der Waals surface area contributed by atoms with Gasteiger partial charge < -0.3 is 5.73 Å². The Hall–Kier alpha value is -1.00. The minimum absolute atomic E-state index is 0.